The third-order valence-corrected chi connectivity index (χ3v) is 3.36. The molecule has 1 rings (SSSR count). The molecule has 0 amide bonds. The Hall–Kier alpha value is -0.160. The zero-order valence-corrected chi connectivity index (χ0v) is 11.6. The van der Waals surface area contributed by atoms with Gasteiger partial charge in [-0.2, -0.15) is 0 Å². The predicted octanol–water partition coefficient (Wildman–Crippen LogP) is 2.14. The number of hydrogen-bond acceptors (Lipinski definition) is 4. The number of aliphatic hydroxyl groups is 1. The van der Waals surface area contributed by atoms with Crippen LogP contribution in [0.25, 0.3) is 0 Å². The molecule has 1 fully saturated rings. The summed E-state index contributed by atoms with van der Waals surface area (Å²) in [5, 5.41) is 9.96. The largest absolute Gasteiger partial charge is 0.390 e. The molecule has 0 radical (unpaired) electrons. The fraction of sp³-hybridized carbons (Fsp3) is 1.00. The van der Waals surface area contributed by atoms with Crippen LogP contribution in [0.3, 0.4) is 0 Å². The Bertz CT molecular complexity index is 187. The number of hydrogen-bond donors (Lipinski definition) is 1. The Morgan fingerprint density at radius 2 is 1.72 bits per heavy atom. The van der Waals surface area contributed by atoms with Crippen LogP contribution >= 0.6 is 0 Å². The van der Waals surface area contributed by atoms with E-state index in [1.807, 2.05) is 0 Å². The van der Waals surface area contributed by atoms with Crippen molar-refractivity contribution in [2.24, 2.45) is 0 Å². The lowest BCUT2D eigenvalue weighted by Crippen LogP contribution is -2.31. The normalized spacial score (nSPS) is 25.7. The summed E-state index contributed by atoms with van der Waals surface area (Å²) in [5.41, 5.74) is 0. The van der Waals surface area contributed by atoms with Crippen molar-refractivity contribution >= 4 is 0 Å². The Labute approximate surface area is 111 Å². The Kier molecular flexibility index (Phi) is 9.48. The highest BCUT2D eigenvalue weighted by atomic mass is 16.5. The van der Waals surface area contributed by atoms with Gasteiger partial charge in [-0.3, -0.25) is 0 Å². The second kappa shape index (κ2) is 10.7. The standard InChI is InChI=1S/C14H28O4/c1-16-9-6-10-17-11-12-18-14-8-5-3-2-4-7-13(14)15/h13-15H,2-12H2,1H3. The molecule has 4 nitrogen and oxygen atoms in total. The zero-order valence-electron chi connectivity index (χ0n) is 11.6. The molecule has 18 heavy (non-hydrogen) atoms. The summed E-state index contributed by atoms with van der Waals surface area (Å²) in [4.78, 5) is 0. The first-order chi connectivity index (χ1) is 8.84. The van der Waals surface area contributed by atoms with Crippen molar-refractivity contribution in [2.75, 3.05) is 33.5 Å². The highest BCUT2D eigenvalue weighted by Crippen LogP contribution is 2.19. The lowest BCUT2D eigenvalue weighted by Gasteiger charge is -2.25. The van der Waals surface area contributed by atoms with E-state index >= 15 is 0 Å². The molecule has 0 saturated heterocycles. The van der Waals surface area contributed by atoms with Crippen molar-refractivity contribution in [2.45, 2.75) is 57.2 Å². The first-order valence-corrected chi connectivity index (χ1v) is 7.21. The zero-order chi connectivity index (χ0) is 13.1. The molecule has 1 saturated carbocycles. The second-order valence-electron chi connectivity index (χ2n) is 4.93. The van der Waals surface area contributed by atoms with Gasteiger partial charge < -0.3 is 19.3 Å². The molecule has 0 heterocycles. The molecule has 1 N–H and O–H groups in total. The molecule has 0 aromatic rings. The predicted molar refractivity (Wildman–Crippen MR) is 70.8 cm³/mol. The van der Waals surface area contributed by atoms with Crippen LogP contribution in [0.5, 0.6) is 0 Å². The Balaban J connectivity index is 2.01. The molecule has 0 aromatic carbocycles. The van der Waals surface area contributed by atoms with Gasteiger partial charge in [0.1, 0.15) is 0 Å². The van der Waals surface area contributed by atoms with Crippen LogP contribution in [0.1, 0.15) is 44.9 Å². The van der Waals surface area contributed by atoms with E-state index in [1.165, 1.54) is 12.8 Å². The van der Waals surface area contributed by atoms with Gasteiger partial charge in [0, 0.05) is 20.3 Å². The van der Waals surface area contributed by atoms with Gasteiger partial charge in [-0.1, -0.05) is 25.7 Å². The topological polar surface area (TPSA) is 47.9 Å². The molecule has 108 valence electrons. The van der Waals surface area contributed by atoms with Gasteiger partial charge >= 0.3 is 0 Å². The van der Waals surface area contributed by atoms with E-state index in [0.29, 0.717) is 19.8 Å². The van der Waals surface area contributed by atoms with Gasteiger partial charge in [-0.25, -0.2) is 0 Å². The average Bonchev–Trinajstić information content (AvgIpc) is 2.36. The first kappa shape index (κ1) is 15.9. The van der Waals surface area contributed by atoms with Gasteiger partial charge in [0.25, 0.3) is 0 Å². The van der Waals surface area contributed by atoms with Gasteiger partial charge in [0.05, 0.1) is 25.4 Å². The van der Waals surface area contributed by atoms with E-state index in [4.69, 9.17) is 14.2 Å². The summed E-state index contributed by atoms with van der Waals surface area (Å²) in [6, 6.07) is 0. The van der Waals surface area contributed by atoms with Gasteiger partial charge in [-0.05, 0) is 19.3 Å². The summed E-state index contributed by atoms with van der Waals surface area (Å²) in [7, 11) is 1.69. The molecule has 0 aliphatic heterocycles. The van der Waals surface area contributed by atoms with Gasteiger partial charge in [0.15, 0.2) is 0 Å². The Morgan fingerprint density at radius 3 is 2.50 bits per heavy atom. The van der Waals surface area contributed by atoms with Crippen LogP contribution in [-0.4, -0.2) is 50.9 Å². The number of aliphatic hydroxyl groups excluding tert-OH is 1. The van der Waals surface area contributed by atoms with Crippen LogP contribution < -0.4 is 0 Å². The summed E-state index contributed by atoms with van der Waals surface area (Å²) in [5.74, 6) is 0. The number of rotatable bonds is 8. The molecule has 2 unspecified atom stereocenters. The SMILES string of the molecule is COCCCOCCOC1CCCCCCC1O. The molecule has 1 aliphatic rings. The lowest BCUT2D eigenvalue weighted by molar-refractivity contribution is -0.0663. The smallest absolute Gasteiger partial charge is 0.0835 e. The van der Waals surface area contributed by atoms with E-state index in [0.717, 1.165) is 38.7 Å². The van der Waals surface area contributed by atoms with Crippen LogP contribution in [0.2, 0.25) is 0 Å². The van der Waals surface area contributed by atoms with Crippen molar-refractivity contribution in [1.82, 2.24) is 0 Å². The maximum atomic E-state index is 9.96. The van der Waals surface area contributed by atoms with Crippen molar-refractivity contribution in [3.63, 3.8) is 0 Å². The third-order valence-electron chi connectivity index (χ3n) is 3.36. The third kappa shape index (κ3) is 7.31. The molecule has 4 heteroatoms. The minimum absolute atomic E-state index is 0.00729. The minimum atomic E-state index is -0.293. The van der Waals surface area contributed by atoms with Crippen LogP contribution in [-0.2, 0) is 14.2 Å². The van der Waals surface area contributed by atoms with E-state index in [-0.39, 0.29) is 12.2 Å². The monoisotopic (exact) mass is 260 g/mol. The van der Waals surface area contributed by atoms with Gasteiger partial charge in [-0.15, -0.1) is 0 Å². The van der Waals surface area contributed by atoms with Crippen LogP contribution in [0.4, 0.5) is 0 Å². The van der Waals surface area contributed by atoms with E-state index in [9.17, 15) is 5.11 Å². The molecular formula is C14H28O4. The molecule has 0 bridgehead atoms. The molecule has 1 aliphatic carbocycles. The summed E-state index contributed by atoms with van der Waals surface area (Å²) < 4.78 is 16.1. The van der Waals surface area contributed by atoms with Crippen molar-refractivity contribution in [1.29, 1.82) is 0 Å². The number of ether oxygens (including phenoxy) is 3. The van der Waals surface area contributed by atoms with Gasteiger partial charge in [0.2, 0.25) is 0 Å². The molecule has 0 aromatic heterocycles. The molecule has 0 spiro atoms. The summed E-state index contributed by atoms with van der Waals surface area (Å²) >= 11 is 0. The summed E-state index contributed by atoms with van der Waals surface area (Å²) in [6.45, 7) is 2.63. The van der Waals surface area contributed by atoms with Crippen molar-refractivity contribution in [3.8, 4) is 0 Å². The van der Waals surface area contributed by atoms with E-state index in [2.05, 4.69) is 0 Å². The highest BCUT2D eigenvalue weighted by molar-refractivity contribution is 4.72. The number of methoxy groups -OCH3 is 1. The maximum Gasteiger partial charge on any atom is 0.0835 e. The van der Waals surface area contributed by atoms with Crippen LogP contribution in [0, 0.1) is 0 Å². The lowest BCUT2D eigenvalue weighted by atomic mass is 9.96. The maximum absolute atomic E-state index is 9.96. The fourth-order valence-corrected chi connectivity index (χ4v) is 2.29. The van der Waals surface area contributed by atoms with E-state index < -0.39 is 0 Å². The molecular weight excluding hydrogens is 232 g/mol. The molecule has 2 atom stereocenters. The fourth-order valence-electron chi connectivity index (χ4n) is 2.29. The van der Waals surface area contributed by atoms with Crippen molar-refractivity contribution in [3.05, 3.63) is 0 Å². The second-order valence-corrected chi connectivity index (χ2v) is 4.93. The average molecular weight is 260 g/mol. The van der Waals surface area contributed by atoms with Crippen LogP contribution in [0.15, 0.2) is 0 Å². The Morgan fingerprint density at radius 1 is 0.944 bits per heavy atom. The van der Waals surface area contributed by atoms with Crippen molar-refractivity contribution < 1.29 is 19.3 Å². The first-order valence-electron chi connectivity index (χ1n) is 7.21. The quantitative estimate of drug-likeness (QED) is 0.679. The highest BCUT2D eigenvalue weighted by Gasteiger charge is 2.20. The minimum Gasteiger partial charge on any atom is -0.390 e. The van der Waals surface area contributed by atoms with E-state index in [1.54, 1.807) is 7.11 Å². The summed E-state index contributed by atoms with van der Waals surface area (Å²) in [6.07, 6.45) is 7.27.